The standard InChI is InChI=1S/C21H24FN5O2/c1-12(25-18-4-7-27-20(26-18)17(11-24-27)13(2)28)16-9-15(22)8-14-10-21(3,5-6-23)29-19(14)16/h4,7-9,11-12,28H,2,5-6,10,23H2,1,3H3,(H,25,26)/t12-,21-/m1/s1. The summed E-state index contributed by atoms with van der Waals surface area (Å²) < 4.78 is 22.1. The molecule has 0 bridgehead atoms. The third-order valence-electron chi connectivity index (χ3n) is 5.26. The largest absolute Gasteiger partial charge is 0.508 e. The number of nitrogens with zero attached hydrogens (tertiary/aromatic N) is 3. The summed E-state index contributed by atoms with van der Waals surface area (Å²) in [5.41, 5.74) is 7.80. The van der Waals surface area contributed by atoms with Crippen molar-refractivity contribution in [3.63, 3.8) is 0 Å². The van der Waals surface area contributed by atoms with Gasteiger partial charge in [0, 0.05) is 23.7 Å². The molecule has 0 radical (unpaired) electrons. The Morgan fingerprint density at radius 1 is 1.52 bits per heavy atom. The van der Waals surface area contributed by atoms with Crippen molar-refractivity contribution in [3.8, 4) is 5.75 Å². The van der Waals surface area contributed by atoms with E-state index in [0.717, 1.165) is 11.1 Å². The lowest BCUT2D eigenvalue weighted by molar-refractivity contribution is 0.107. The maximum atomic E-state index is 14.3. The minimum atomic E-state index is -0.426. The Balaban J connectivity index is 1.65. The summed E-state index contributed by atoms with van der Waals surface area (Å²) in [6.45, 7) is 7.96. The maximum Gasteiger partial charge on any atom is 0.168 e. The number of nitrogens with one attached hydrogen (secondary N) is 1. The highest BCUT2D eigenvalue weighted by Gasteiger charge is 2.36. The fourth-order valence-electron chi connectivity index (χ4n) is 3.83. The van der Waals surface area contributed by atoms with Gasteiger partial charge in [-0.25, -0.2) is 13.9 Å². The van der Waals surface area contributed by atoms with Crippen LogP contribution in [-0.4, -0.2) is 31.9 Å². The molecule has 0 fully saturated rings. The van der Waals surface area contributed by atoms with Crippen molar-refractivity contribution in [1.82, 2.24) is 14.6 Å². The fraction of sp³-hybridized carbons (Fsp3) is 0.333. The van der Waals surface area contributed by atoms with Gasteiger partial charge >= 0.3 is 0 Å². The number of rotatable bonds is 6. The Bertz CT molecular complexity index is 1100. The topological polar surface area (TPSA) is 97.7 Å². The van der Waals surface area contributed by atoms with E-state index in [0.29, 0.717) is 42.2 Å². The van der Waals surface area contributed by atoms with Crippen molar-refractivity contribution in [2.45, 2.75) is 38.3 Å². The zero-order valence-electron chi connectivity index (χ0n) is 16.4. The number of halogens is 1. The molecule has 1 aromatic carbocycles. The van der Waals surface area contributed by atoms with Gasteiger partial charge in [-0.2, -0.15) is 5.10 Å². The first-order valence-corrected chi connectivity index (χ1v) is 9.50. The number of ether oxygens (including phenoxy) is 1. The molecule has 0 amide bonds. The molecule has 1 aliphatic rings. The van der Waals surface area contributed by atoms with Crippen LogP contribution in [0, 0.1) is 5.82 Å². The van der Waals surface area contributed by atoms with Crippen LogP contribution in [0.5, 0.6) is 5.75 Å². The third kappa shape index (κ3) is 3.51. The molecule has 7 nitrogen and oxygen atoms in total. The zero-order valence-corrected chi connectivity index (χ0v) is 16.4. The summed E-state index contributed by atoms with van der Waals surface area (Å²) in [5, 5.41) is 17.1. The Labute approximate surface area is 168 Å². The predicted octanol–water partition coefficient (Wildman–Crippen LogP) is 3.61. The Morgan fingerprint density at radius 3 is 3.03 bits per heavy atom. The molecule has 3 heterocycles. The van der Waals surface area contributed by atoms with Crippen LogP contribution in [0.3, 0.4) is 0 Å². The van der Waals surface area contributed by atoms with E-state index in [4.69, 9.17) is 10.5 Å². The zero-order chi connectivity index (χ0) is 20.8. The summed E-state index contributed by atoms with van der Waals surface area (Å²) >= 11 is 0. The first-order chi connectivity index (χ1) is 13.8. The van der Waals surface area contributed by atoms with E-state index >= 15 is 0 Å². The molecular formula is C21H24FN5O2. The van der Waals surface area contributed by atoms with Crippen LogP contribution in [0.4, 0.5) is 10.2 Å². The van der Waals surface area contributed by atoms with Gasteiger partial charge in [0.05, 0.1) is 17.8 Å². The Kier molecular flexibility index (Phi) is 4.66. The predicted molar refractivity (Wildman–Crippen MR) is 109 cm³/mol. The second-order valence-corrected chi connectivity index (χ2v) is 7.70. The number of hydrogen-bond donors (Lipinski definition) is 3. The van der Waals surface area contributed by atoms with Crippen molar-refractivity contribution in [2.24, 2.45) is 5.73 Å². The van der Waals surface area contributed by atoms with Gasteiger partial charge in [0.15, 0.2) is 5.65 Å². The van der Waals surface area contributed by atoms with Crippen molar-refractivity contribution in [2.75, 3.05) is 11.9 Å². The minimum Gasteiger partial charge on any atom is -0.508 e. The third-order valence-corrected chi connectivity index (χ3v) is 5.26. The normalized spacial score (nSPS) is 19.0. The average Bonchev–Trinajstić information content (AvgIpc) is 3.21. The molecule has 0 unspecified atom stereocenters. The first-order valence-electron chi connectivity index (χ1n) is 9.50. The lowest BCUT2D eigenvalue weighted by atomic mass is 9.94. The van der Waals surface area contributed by atoms with Gasteiger partial charge in [-0.05, 0) is 45.0 Å². The van der Waals surface area contributed by atoms with Crippen LogP contribution in [-0.2, 0) is 6.42 Å². The second kappa shape index (κ2) is 7.04. The molecule has 0 aliphatic carbocycles. The van der Waals surface area contributed by atoms with Crippen LogP contribution >= 0.6 is 0 Å². The minimum absolute atomic E-state index is 0.103. The monoisotopic (exact) mass is 397 g/mol. The van der Waals surface area contributed by atoms with Gasteiger partial charge in [-0.3, -0.25) is 0 Å². The van der Waals surface area contributed by atoms with E-state index in [1.54, 1.807) is 16.8 Å². The number of hydrogen-bond acceptors (Lipinski definition) is 6. The van der Waals surface area contributed by atoms with Gasteiger partial charge < -0.3 is 20.9 Å². The molecule has 4 N–H and O–H groups in total. The maximum absolute atomic E-state index is 14.3. The van der Waals surface area contributed by atoms with E-state index in [2.05, 4.69) is 22.0 Å². The molecule has 29 heavy (non-hydrogen) atoms. The molecule has 1 aliphatic heterocycles. The molecular weight excluding hydrogens is 373 g/mol. The van der Waals surface area contributed by atoms with Crippen LogP contribution < -0.4 is 15.8 Å². The molecule has 3 aromatic rings. The van der Waals surface area contributed by atoms with Crippen molar-refractivity contribution >= 4 is 17.2 Å². The van der Waals surface area contributed by atoms with Gasteiger partial charge in [-0.15, -0.1) is 0 Å². The molecule has 0 saturated heterocycles. The number of aliphatic hydroxyl groups excluding tert-OH is 1. The number of fused-ring (bicyclic) bond motifs is 2. The molecule has 0 saturated carbocycles. The van der Waals surface area contributed by atoms with Crippen LogP contribution in [0.1, 0.15) is 43.0 Å². The van der Waals surface area contributed by atoms with E-state index in [9.17, 15) is 9.50 Å². The number of anilines is 1. The smallest absolute Gasteiger partial charge is 0.168 e. The highest BCUT2D eigenvalue weighted by Crippen LogP contribution is 2.42. The quantitative estimate of drug-likeness (QED) is 0.550. The molecule has 8 heteroatoms. The van der Waals surface area contributed by atoms with Crippen molar-refractivity contribution < 1.29 is 14.2 Å². The fourth-order valence-corrected chi connectivity index (χ4v) is 3.83. The number of aromatic nitrogens is 3. The van der Waals surface area contributed by atoms with E-state index in [-0.39, 0.29) is 17.6 Å². The van der Waals surface area contributed by atoms with Gasteiger partial charge in [-0.1, -0.05) is 6.58 Å². The van der Waals surface area contributed by atoms with Crippen LogP contribution in [0.2, 0.25) is 0 Å². The molecule has 2 aromatic heterocycles. The lowest BCUT2D eigenvalue weighted by Gasteiger charge is -2.24. The first kappa shape index (κ1) is 19.2. The van der Waals surface area contributed by atoms with Gasteiger partial charge in [0.1, 0.15) is 28.7 Å². The summed E-state index contributed by atoms with van der Waals surface area (Å²) in [5.74, 6) is 0.866. The summed E-state index contributed by atoms with van der Waals surface area (Å²) in [7, 11) is 0. The van der Waals surface area contributed by atoms with E-state index in [1.807, 2.05) is 13.8 Å². The second-order valence-electron chi connectivity index (χ2n) is 7.70. The number of aliphatic hydroxyl groups is 1. The summed E-state index contributed by atoms with van der Waals surface area (Å²) in [4.78, 5) is 4.51. The van der Waals surface area contributed by atoms with E-state index < -0.39 is 5.60 Å². The molecule has 152 valence electrons. The Morgan fingerprint density at radius 2 is 2.31 bits per heavy atom. The van der Waals surface area contributed by atoms with Gasteiger partial charge in [0.25, 0.3) is 0 Å². The summed E-state index contributed by atoms with van der Waals surface area (Å²) in [6, 6.07) is 4.52. The number of nitrogens with two attached hydrogens (primary N) is 1. The molecule has 2 atom stereocenters. The SMILES string of the molecule is C=C(O)c1cnn2ccc(N[C@H](C)c3cc(F)cc4c3O[C@](C)(CCN)C4)nc12. The molecule has 0 spiro atoms. The highest BCUT2D eigenvalue weighted by atomic mass is 19.1. The molecule has 4 rings (SSSR count). The lowest BCUT2D eigenvalue weighted by Crippen LogP contribution is -2.33. The summed E-state index contributed by atoms with van der Waals surface area (Å²) in [6.07, 6.45) is 4.55. The number of benzene rings is 1. The van der Waals surface area contributed by atoms with E-state index in [1.165, 1.54) is 18.3 Å². The van der Waals surface area contributed by atoms with Crippen molar-refractivity contribution in [1.29, 1.82) is 0 Å². The average molecular weight is 397 g/mol. The highest BCUT2D eigenvalue weighted by molar-refractivity contribution is 5.70. The van der Waals surface area contributed by atoms with Crippen molar-refractivity contribution in [3.05, 3.63) is 59.7 Å². The van der Waals surface area contributed by atoms with Gasteiger partial charge in [0.2, 0.25) is 0 Å². The Hall–Kier alpha value is -3.13. The van der Waals surface area contributed by atoms with Crippen LogP contribution in [0.15, 0.2) is 37.2 Å². The van der Waals surface area contributed by atoms with Crippen LogP contribution in [0.25, 0.3) is 11.4 Å².